The van der Waals surface area contributed by atoms with Gasteiger partial charge in [-0.3, -0.25) is 0 Å². The molecule has 0 aromatic heterocycles. The minimum absolute atomic E-state index is 0.168. The summed E-state index contributed by atoms with van der Waals surface area (Å²) < 4.78 is 26.1. The fourth-order valence-corrected chi connectivity index (χ4v) is 2.24. The van der Waals surface area contributed by atoms with E-state index in [1.807, 2.05) is 0 Å². The Morgan fingerprint density at radius 3 is 2.50 bits per heavy atom. The summed E-state index contributed by atoms with van der Waals surface area (Å²) in [4.78, 5) is 0. The Morgan fingerprint density at radius 1 is 1.17 bits per heavy atom. The monoisotopic (exact) mass is 255 g/mol. The van der Waals surface area contributed by atoms with Gasteiger partial charge in [0, 0.05) is 19.6 Å². The molecule has 1 aromatic rings. The molecule has 1 aliphatic rings. The quantitative estimate of drug-likeness (QED) is 0.864. The summed E-state index contributed by atoms with van der Waals surface area (Å²) in [5.74, 6) is -1.65. The van der Waals surface area contributed by atoms with E-state index < -0.39 is 11.6 Å². The number of hydrogen-bond donors (Lipinski definition) is 2. The molecule has 5 heteroatoms. The van der Waals surface area contributed by atoms with E-state index in [9.17, 15) is 8.78 Å². The van der Waals surface area contributed by atoms with Gasteiger partial charge in [0.15, 0.2) is 11.6 Å². The number of nitrogens with one attached hydrogen (secondary N) is 1. The molecule has 0 saturated carbocycles. The summed E-state index contributed by atoms with van der Waals surface area (Å²) in [5.41, 5.74) is 9.67. The minimum Gasteiger partial charge on any atom is -0.329 e. The summed E-state index contributed by atoms with van der Waals surface area (Å²) in [6, 6.07) is 3.76. The minimum atomic E-state index is -0.827. The Balaban J connectivity index is 2.04. The molecule has 0 amide bonds. The molecule has 1 aliphatic heterocycles. The normalized spacial score (nSPS) is 18.8. The molecule has 100 valence electrons. The van der Waals surface area contributed by atoms with Crippen LogP contribution in [0.1, 0.15) is 30.9 Å². The molecule has 0 spiro atoms. The van der Waals surface area contributed by atoms with E-state index in [2.05, 4.69) is 10.4 Å². The second-order valence-electron chi connectivity index (χ2n) is 4.64. The number of piperidine rings is 1. The number of nitrogens with two attached hydrogens (primary N) is 1. The van der Waals surface area contributed by atoms with Gasteiger partial charge in [-0.15, -0.1) is 0 Å². The third-order valence-corrected chi connectivity index (χ3v) is 3.28. The Labute approximate surface area is 106 Å². The highest BCUT2D eigenvalue weighted by Gasteiger charge is 2.17. The SMILES string of the molecule is NCC(NN1CCCCC1)c1ccc(F)c(F)c1. The molecule has 0 bridgehead atoms. The average Bonchev–Trinajstić information content (AvgIpc) is 2.40. The van der Waals surface area contributed by atoms with Crippen LogP contribution in [0.15, 0.2) is 18.2 Å². The number of nitrogens with zero attached hydrogens (tertiary/aromatic N) is 1. The van der Waals surface area contributed by atoms with E-state index in [0.29, 0.717) is 12.1 Å². The fraction of sp³-hybridized carbons (Fsp3) is 0.538. The Kier molecular flexibility index (Phi) is 4.63. The number of benzene rings is 1. The lowest BCUT2D eigenvalue weighted by atomic mass is 10.1. The van der Waals surface area contributed by atoms with Crippen molar-refractivity contribution >= 4 is 0 Å². The van der Waals surface area contributed by atoms with Gasteiger partial charge in [-0.25, -0.2) is 19.2 Å². The lowest BCUT2D eigenvalue weighted by Gasteiger charge is -2.31. The zero-order valence-corrected chi connectivity index (χ0v) is 10.3. The maximum absolute atomic E-state index is 13.2. The van der Waals surface area contributed by atoms with Gasteiger partial charge in [0.05, 0.1) is 6.04 Å². The van der Waals surface area contributed by atoms with Gasteiger partial charge in [0.25, 0.3) is 0 Å². The van der Waals surface area contributed by atoms with E-state index in [0.717, 1.165) is 32.0 Å². The van der Waals surface area contributed by atoms with E-state index in [1.165, 1.54) is 12.5 Å². The Bertz CT molecular complexity index is 392. The highest BCUT2D eigenvalue weighted by Crippen LogP contribution is 2.17. The second kappa shape index (κ2) is 6.22. The highest BCUT2D eigenvalue weighted by atomic mass is 19.2. The van der Waals surface area contributed by atoms with Crippen LogP contribution in [0.25, 0.3) is 0 Å². The number of halogens is 2. The van der Waals surface area contributed by atoms with E-state index in [1.54, 1.807) is 6.07 Å². The van der Waals surface area contributed by atoms with Gasteiger partial charge < -0.3 is 5.73 Å². The van der Waals surface area contributed by atoms with Crippen molar-refractivity contribution in [3.63, 3.8) is 0 Å². The number of hydrogen-bond acceptors (Lipinski definition) is 3. The molecule has 3 N–H and O–H groups in total. The van der Waals surface area contributed by atoms with E-state index in [4.69, 9.17) is 5.73 Å². The van der Waals surface area contributed by atoms with Crippen LogP contribution in [0.5, 0.6) is 0 Å². The molecule has 18 heavy (non-hydrogen) atoms. The topological polar surface area (TPSA) is 41.3 Å². The molecule has 3 nitrogen and oxygen atoms in total. The third kappa shape index (κ3) is 3.25. The van der Waals surface area contributed by atoms with Crippen molar-refractivity contribution in [2.24, 2.45) is 5.73 Å². The van der Waals surface area contributed by atoms with Crippen molar-refractivity contribution in [1.29, 1.82) is 0 Å². The van der Waals surface area contributed by atoms with E-state index >= 15 is 0 Å². The molecule has 1 fully saturated rings. The van der Waals surface area contributed by atoms with Crippen LogP contribution in [0.4, 0.5) is 8.78 Å². The molecule has 1 saturated heterocycles. The molecule has 2 rings (SSSR count). The maximum atomic E-state index is 13.2. The van der Waals surface area contributed by atoms with Gasteiger partial charge in [-0.1, -0.05) is 12.5 Å². The van der Waals surface area contributed by atoms with Crippen molar-refractivity contribution in [3.8, 4) is 0 Å². The van der Waals surface area contributed by atoms with Crippen LogP contribution in [0, 0.1) is 11.6 Å². The van der Waals surface area contributed by atoms with Gasteiger partial charge in [0.2, 0.25) is 0 Å². The molecular formula is C13H19F2N3. The molecule has 1 unspecified atom stereocenters. The fourth-order valence-electron chi connectivity index (χ4n) is 2.24. The molecule has 1 aromatic carbocycles. The van der Waals surface area contributed by atoms with Crippen molar-refractivity contribution < 1.29 is 8.78 Å². The molecular weight excluding hydrogens is 236 g/mol. The Hall–Kier alpha value is -1.04. The van der Waals surface area contributed by atoms with Gasteiger partial charge in [-0.2, -0.15) is 0 Å². The van der Waals surface area contributed by atoms with Crippen LogP contribution in [-0.2, 0) is 0 Å². The van der Waals surface area contributed by atoms with Gasteiger partial charge in [-0.05, 0) is 30.5 Å². The lowest BCUT2D eigenvalue weighted by molar-refractivity contribution is 0.130. The maximum Gasteiger partial charge on any atom is 0.159 e. The highest BCUT2D eigenvalue weighted by molar-refractivity contribution is 5.21. The van der Waals surface area contributed by atoms with Gasteiger partial charge in [0.1, 0.15) is 0 Å². The first kappa shape index (κ1) is 13.4. The second-order valence-corrected chi connectivity index (χ2v) is 4.64. The standard InChI is InChI=1S/C13H19F2N3/c14-11-5-4-10(8-12(11)15)13(9-16)17-18-6-2-1-3-7-18/h4-5,8,13,17H,1-3,6-7,9,16H2. The zero-order valence-electron chi connectivity index (χ0n) is 10.3. The summed E-state index contributed by atoms with van der Waals surface area (Å²) in [7, 11) is 0. The summed E-state index contributed by atoms with van der Waals surface area (Å²) in [5, 5.41) is 2.11. The lowest BCUT2D eigenvalue weighted by Crippen LogP contribution is -2.45. The van der Waals surface area contributed by atoms with Crippen molar-refractivity contribution in [3.05, 3.63) is 35.4 Å². The van der Waals surface area contributed by atoms with Crippen LogP contribution >= 0.6 is 0 Å². The summed E-state index contributed by atoms with van der Waals surface area (Å²) in [6.07, 6.45) is 3.56. The van der Waals surface area contributed by atoms with Crippen LogP contribution in [0.3, 0.4) is 0 Å². The zero-order chi connectivity index (χ0) is 13.0. The first-order chi connectivity index (χ1) is 8.70. The molecule has 1 heterocycles. The van der Waals surface area contributed by atoms with Crippen LogP contribution in [0.2, 0.25) is 0 Å². The first-order valence-electron chi connectivity index (χ1n) is 6.37. The number of rotatable bonds is 4. The molecule has 0 radical (unpaired) electrons. The largest absolute Gasteiger partial charge is 0.329 e. The van der Waals surface area contributed by atoms with Crippen molar-refractivity contribution in [2.45, 2.75) is 25.3 Å². The van der Waals surface area contributed by atoms with E-state index in [-0.39, 0.29) is 6.04 Å². The van der Waals surface area contributed by atoms with Crippen LogP contribution < -0.4 is 11.2 Å². The van der Waals surface area contributed by atoms with Gasteiger partial charge >= 0.3 is 0 Å². The predicted molar refractivity (Wildman–Crippen MR) is 66.7 cm³/mol. The summed E-state index contributed by atoms with van der Waals surface area (Å²) >= 11 is 0. The third-order valence-electron chi connectivity index (χ3n) is 3.28. The number of hydrazine groups is 1. The molecule has 0 aliphatic carbocycles. The summed E-state index contributed by atoms with van der Waals surface area (Å²) in [6.45, 7) is 2.29. The first-order valence-corrected chi connectivity index (χ1v) is 6.37. The molecule has 1 atom stereocenters. The predicted octanol–water partition coefficient (Wildman–Crippen LogP) is 1.96. The smallest absolute Gasteiger partial charge is 0.159 e. The average molecular weight is 255 g/mol. The van der Waals surface area contributed by atoms with Crippen LogP contribution in [-0.4, -0.2) is 24.6 Å². The van der Waals surface area contributed by atoms with Crippen molar-refractivity contribution in [1.82, 2.24) is 10.4 Å². The van der Waals surface area contributed by atoms with Crippen molar-refractivity contribution in [2.75, 3.05) is 19.6 Å². The Morgan fingerprint density at radius 2 is 1.89 bits per heavy atom.